The second kappa shape index (κ2) is 9.19. The van der Waals surface area contributed by atoms with Crippen LogP contribution >= 0.6 is 24.8 Å². The number of benzene rings is 1. The van der Waals surface area contributed by atoms with Crippen LogP contribution in [0.2, 0.25) is 0 Å². The summed E-state index contributed by atoms with van der Waals surface area (Å²) in [5.41, 5.74) is 2.09. The zero-order valence-corrected chi connectivity index (χ0v) is 13.5. The molecule has 1 aliphatic heterocycles. The maximum absolute atomic E-state index is 12.0. The van der Waals surface area contributed by atoms with Gasteiger partial charge in [-0.15, -0.1) is 24.8 Å². The number of anilines is 1. The van der Waals surface area contributed by atoms with Crippen molar-refractivity contribution in [2.75, 3.05) is 26.0 Å². The Morgan fingerprint density at radius 3 is 2.75 bits per heavy atom. The Labute approximate surface area is 133 Å². The van der Waals surface area contributed by atoms with Crippen molar-refractivity contribution in [1.29, 1.82) is 0 Å². The molecule has 0 radical (unpaired) electrons. The van der Waals surface area contributed by atoms with E-state index in [0.29, 0.717) is 0 Å². The Kier molecular flexibility index (Phi) is 8.81. The lowest BCUT2D eigenvalue weighted by molar-refractivity contribution is -0.117. The van der Waals surface area contributed by atoms with E-state index in [1.807, 2.05) is 32.3 Å². The fourth-order valence-corrected chi connectivity index (χ4v) is 2.25. The van der Waals surface area contributed by atoms with E-state index in [0.717, 1.165) is 31.6 Å². The number of hydrogen-bond acceptors (Lipinski definition) is 3. The summed E-state index contributed by atoms with van der Waals surface area (Å²) >= 11 is 0. The van der Waals surface area contributed by atoms with Gasteiger partial charge in [-0.1, -0.05) is 12.1 Å². The van der Waals surface area contributed by atoms with E-state index in [4.69, 9.17) is 0 Å². The number of carbonyl (C=O) groups is 1. The lowest BCUT2D eigenvalue weighted by Crippen LogP contribution is -2.35. The summed E-state index contributed by atoms with van der Waals surface area (Å²) in [5, 5.41) is 6.18. The van der Waals surface area contributed by atoms with Crippen LogP contribution in [0.15, 0.2) is 24.3 Å². The summed E-state index contributed by atoms with van der Waals surface area (Å²) in [5.74, 6) is 0.0782. The monoisotopic (exact) mass is 319 g/mol. The SMILES string of the molecule is CN(C)Cc1cccc(NC(=O)[C@@H]2CCCN2)c1.Cl.Cl. The van der Waals surface area contributed by atoms with E-state index >= 15 is 0 Å². The standard InChI is InChI=1S/C14H21N3O.2ClH/c1-17(2)10-11-5-3-6-12(9-11)16-14(18)13-7-4-8-15-13;;/h3,5-6,9,13,15H,4,7-8,10H2,1-2H3,(H,16,18);2*1H/t13-;;/m0../s1. The number of carbonyl (C=O) groups excluding carboxylic acids is 1. The van der Waals surface area contributed by atoms with E-state index in [1.54, 1.807) is 0 Å². The lowest BCUT2D eigenvalue weighted by Gasteiger charge is -2.13. The predicted octanol–water partition coefficient (Wildman–Crippen LogP) is 2.28. The van der Waals surface area contributed by atoms with Gasteiger partial charge in [-0.3, -0.25) is 4.79 Å². The molecular weight excluding hydrogens is 297 g/mol. The third-order valence-corrected chi connectivity index (χ3v) is 3.07. The Balaban J connectivity index is 0.00000180. The smallest absolute Gasteiger partial charge is 0.241 e. The number of rotatable bonds is 4. The third-order valence-electron chi connectivity index (χ3n) is 3.07. The Morgan fingerprint density at radius 1 is 1.40 bits per heavy atom. The molecule has 1 saturated heterocycles. The van der Waals surface area contributed by atoms with Crippen LogP contribution in [0.5, 0.6) is 0 Å². The average Bonchev–Trinajstić information content (AvgIpc) is 2.81. The summed E-state index contributed by atoms with van der Waals surface area (Å²) in [7, 11) is 4.07. The highest BCUT2D eigenvalue weighted by Crippen LogP contribution is 2.14. The number of nitrogens with zero attached hydrogens (tertiary/aromatic N) is 1. The summed E-state index contributed by atoms with van der Waals surface area (Å²) in [6, 6.07) is 8.00. The van der Waals surface area contributed by atoms with Gasteiger partial charge in [0.2, 0.25) is 5.91 Å². The minimum absolute atomic E-state index is 0. The first-order valence-corrected chi connectivity index (χ1v) is 6.43. The quantitative estimate of drug-likeness (QED) is 0.895. The van der Waals surface area contributed by atoms with Gasteiger partial charge in [0.15, 0.2) is 0 Å². The topological polar surface area (TPSA) is 44.4 Å². The maximum Gasteiger partial charge on any atom is 0.241 e. The van der Waals surface area contributed by atoms with Gasteiger partial charge in [0.1, 0.15) is 0 Å². The van der Waals surface area contributed by atoms with Gasteiger partial charge in [-0.25, -0.2) is 0 Å². The molecule has 4 nitrogen and oxygen atoms in total. The van der Waals surface area contributed by atoms with Gasteiger partial charge < -0.3 is 15.5 Å². The first-order chi connectivity index (χ1) is 8.65. The molecule has 1 aromatic carbocycles. The Bertz CT molecular complexity index is 421. The van der Waals surface area contributed by atoms with Crippen molar-refractivity contribution in [3.8, 4) is 0 Å². The van der Waals surface area contributed by atoms with Crippen LogP contribution in [0.4, 0.5) is 5.69 Å². The molecular formula is C14H23Cl2N3O. The van der Waals surface area contributed by atoms with Crippen molar-refractivity contribution in [3.63, 3.8) is 0 Å². The predicted molar refractivity (Wildman–Crippen MR) is 88.0 cm³/mol. The number of halogens is 2. The molecule has 1 heterocycles. The first-order valence-electron chi connectivity index (χ1n) is 6.43. The zero-order chi connectivity index (χ0) is 13.0. The normalized spacial score (nSPS) is 17.2. The molecule has 0 aliphatic carbocycles. The fourth-order valence-electron chi connectivity index (χ4n) is 2.25. The van der Waals surface area contributed by atoms with E-state index in [9.17, 15) is 4.79 Å². The molecule has 0 saturated carbocycles. The molecule has 1 aromatic rings. The lowest BCUT2D eigenvalue weighted by atomic mass is 10.1. The van der Waals surface area contributed by atoms with Crippen LogP contribution in [0, 0.1) is 0 Å². The van der Waals surface area contributed by atoms with Crippen LogP contribution in [0.1, 0.15) is 18.4 Å². The molecule has 0 unspecified atom stereocenters. The summed E-state index contributed by atoms with van der Waals surface area (Å²) < 4.78 is 0. The number of hydrogen-bond donors (Lipinski definition) is 2. The largest absolute Gasteiger partial charge is 0.325 e. The van der Waals surface area contributed by atoms with Crippen molar-refractivity contribution in [2.24, 2.45) is 0 Å². The van der Waals surface area contributed by atoms with Crippen LogP contribution < -0.4 is 10.6 Å². The number of nitrogens with one attached hydrogen (secondary N) is 2. The molecule has 2 rings (SSSR count). The highest BCUT2D eigenvalue weighted by atomic mass is 35.5. The van der Waals surface area contributed by atoms with Gasteiger partial charge in [0.25, 0.3) is 0 Å². The van der Waals surface area contributed by atoms with Gasteiger partial charge >= 0.3 is 0 Å². The molecule has 2 N–H and O–H groups in total. The molecule has 0 bridgehead atoms. The Morgan fingerprint density at radius 2 is 2.15 bits per heavy atom. The summed E-state index contributed by atoms with van der Waals surface area (Å²) in [6.45, 7) is 1.82. The molecule has 0 aromatic heterocycles. The van der Waals surface area contributed by atoms with Crippen molar-refractivity contribution in [1.82, 2.24) is 10.2 Å². The van der Waals surface area contributed by atoms with Gasteiger partial charge in [0.05, 0.1) is 6.04 Å². The van der Waals surface area contributed by atoms with Crippen LogP contribution in [-0.4, -0.2) is 37.5 Å². The fraction of sp³-hybridized carbons (Fsp3) is 0.500. The van der Waals surface area contributed by atoms with Crippen LogP contribution in [-0.2, 0) is 11.3 Å². The van der Waals surface area contributed by atoms with E-state index < -0.39 is 0 Å². The minimum Gasteiger partial charge on any atom is -0.325 e. The van der Waals surface area contributed by atoms with Crippen LogP contribution in [0.25, 0.3) is 0 Å². The number of amides is 1. The van der Waals surface area contributed by atoms with Gasteiger partial charge in [0, 0.05) is 12.2 Å². The molecule has 1 fully saturated rings. The van der Waals surface area contributed by atoms with Gasteiger partial charge in [-0.2, -0.15) is 0 Å². The molecule has 0 spiro atoms. The highest BCUT2D eigenvalue weighted by Gasteiger charge is 2.21. The van der Waals surface area contributed by atoms with E-state index in [-0.39, 0.29) is 36.8 Å². The molecule has 1 atom stereocenters. The summed E-state index contributed by atoms with van der Waals surface area (Å²) in [4.78, 5) is 14.1. The first kappa shape index (κ1) is 19.2. The molecule has 1 amide bonds. The highest BCUT2D eigenvalue weighted by molar-refractivity contribution is 5.95. The molecule has 20 heavy (non-hydrogen) atoms. The average molecular weight is 320 g/mol. The van der Waals surface area contributed by atoms with Crippen molar-refractivity contribution in [2.45, 2.75) is 25.4 Å². The van der Waals surface area contributed by atoms with E-state index in [1.165, 1.54) is 5.56 Å². The molecule has 6 heteroatoms. The summed E-state index contributed by atoms with van der Waals surface area (Å²) in [6.07, 6.45) is 2.02. The molecule has 1 aliphatic rings. The molecule has 114 valence electrons. The van der Waals surface area contributed by atoms with E-state index in [2.05, 4.69) is 21.6 Å². The third kappa shape index (κ3) is 5.67. The second-order valence-electron chi connectivity index (χ2n) is 5.08. The maximum atomic E-state index is 12.0. The zero-order valence-electron chi connectivity index (χ0n) is 11.9. The van der Waals surface area contributed by atoms with Crippen molar-refractivity contribution >= 4 is 36.4 Å². The van der Waals surface area contributed by atoms with Crippen molar-refractivity contribution in [3.05, 3.63) is 29.8 Å². The van der Waals surface area contributed by atoms with Gasteiger partial charge in [-0.05, 0) is 51.2 Å². The van der Waals surface area contributed by atoms with Crippen molar-refractivity contribution < 1.29 is 4.79 Å². The minimum atomic E-state index is -0.0255. The Hall–Kier alpha value is -0.810. The van der Waals surface area contributed by atoms with Crippen LogP contribution in [0.3, 0.4) is 0 Å². The second-order valence-corrected chi connectivity index (χ2v) is 5.08.